The van der Waals surface area contributed by atoms with E-state index in [9.17, 15) is 0 Å². The maximum absolute atomic E-state index is 4.69. The molecule has 0 bridgehead atoms. The van der Waals surface area contributed by atoms with Gasteiger partial charge in [0.05, 0.1) is 17.3 Å². The first-order valence-corrected chi connectivity index (χ1v) is 8.71. The predicted octanol–water partition coefficient (Wildman–Crippen LogP) is 2.88. The number of nitrogens with zero attached hydrogens (tertiary/aromatic N) is 5. The van der Waals surface area contributed by atoms with Crippen LogP contribution in [-0.2, 0) is 19.6 Å². The summed E-state index contributed by atoms with van der Waals surface area (Å²) >= 11 is 1.75. The number of halogens is 2. The molecule has 0 amide bonds. The molecular weight excluding hydrogens is 379 g/mol. The fraction of sp³-hybridized carbons (Fsp3) is 0.312. The van der Waals surface area contributed by atoms with Crippen LogP contribution in [0.5, 0.6) is 0 Å². The summed E-state index contributed by atoms with van der Waals surface area (Å²) in [6, 6.07) is 8.13. The van der Waals surface area contributed by atoms with Gasteiger partial charge in [-0.1, -0.05) is 6.07 Å². The molecule has 25 heavy (non-hydrogen) atoms. The summed E-state index contributed by atoms with van der Waals surface area (Å²) in [4.78, 5) is 8.84. The molecular formula is C16H20Cl2N6S. The van der Waals surface area contributed by atoms with E-state index in [4.69, 9.17) is 5.10 Å². The molecule has 0 radical (unpaired) electrons. The predicted molar refractivity (Wildman–Crippen MR) is 105 cm³/mol. The minimum Gasteiger partial charge on any atom is -0.329 e. The van der Waals surface area contributed by atoms with Crippen molar-refractivity contribution < 1.29 is 0 Å². The lowest BCUT2D eigenvalue weighted by atomic mass is 10.3. The number of fused-ring (bicyclic) bond motifs is 1. The molecule has 3 aromatic rings. The van der Waals surface area contributed by atoms with Crippen LogP contribution < -0.4 is 5.32 Å². The lowest BCUT2D eigenvalue weighted by Crippen LogP contribution is -2.28. The molecule has 6 nitrogen and oxygen atoms in total. The largest absolute Gasteiger partial charge is 0.329 e. The molecule has 4 heterocycles. The van der Waals surface area contributed by atoms with E-state index >= 15 is 0 Å². The zero-order chi connectivity index (χ0) is 15.5. The van der Waals surface area contributed by atoms with Gasteiger partial charge < -0.3 is 9.88 Å². The highest BCUT2D eigenvalue weighted by atomic mass is 35.5. The fourth-order valence-corrected chi connectivity index (χ4v) is 3.51. The lowest BCUT2D eigenvalue weighted by molar-refractivity contribution is 0.476. The van der Waals surface area contributed by atoms with E-state index in [0.29, 0.717) is 0 Å². The highest BCUT2D eigenvalue weighted by Gasteiger charge is 2.15. The van der Waals surface area contributed by atoms with E-state index in [0.717, 1.165) is 48.5 Å². The summed E-state index contributed by atoms with van der Waals surface area (Å²) in [7, 11) is 0. The molecule has 0 saturated carbocycles. The molecule has 0 atom stereocenters. The monoisotopic (exact) mass is 398 g/mol. The highest BCUT2D eigenvalue weighted by molar-refractivity contribution is 7.99. The second-order valence-corrected chi connectivity index (χ2v) is 6.50. The van der Waals surface area contributed by atoms with Crippen LogP contribution in [0.15, 0.2) is 47.9 Å². The Hall–Kier alpha value is -1.54. The zero-order valence-corrected chi connectivity index (χ0v) is 16.0. The van der Waals surface area contributed by atoms with Crippen molar-refractivity contribution in [2.45, 2.75) is 24.7 Å². The Balaban J connectivity index is 0.00000113. The maximum atomic E-state index is 4.69. The summed E-state index contributed by atoms with van der Waals surface area (Å²) in [6.45, 7) is 3.66. The summed E-state index contributed by atoms with van der Waals surface area (Å²) in [5, 5.41) is 9.12. The topological polar surface area (TPSA) is 60.6 Å². The molecule has 0 spiro atoms. The molecule has 0 saturated heterocycles. The third-order valence-electron chi connectivity index (χ3n) is 3.83. The number of hydrogen-bond donors (Lipinski definition) is 1. The third-order valence-corrected chi connectivity index (χ3v) is 4.76. The number of thioether (sulfide) groups is 1. The zero-order valence-electron chi connectivity index (χ0n) is 13.5. The number of aryl methyl sites for hydroxylation is 1. The first-order valence-electron chi connectivity index (χ1n) is 7.73. The van der Waals surface area contributed by atoms with Crippen LogP contribution >= 0.6 is 36.6 Å². The van der Waals surface area contributed by atoms with Crippen LogP contribution in [0.1, 0.15) is 5.69 Å². The Bertz CT molecular complexity index is 766. The summed E-state index contributed by atoms with van der Waals surface area (Å²) < 4.78 is 4.24. The van der Waals surface area contributed by atoms with Gasteiger partial charge in [0.2, 0.25) is 0 Å². The Morgan fingerprint density at radius 3 is 2.88 bits per heavy atom. The van der Waals surface area contributed by atoms with Crippen molar-refractivity contribution in [1.29, 1.82) is 0 Å². The summed E-state index contributed by atoms with van der Waals surface area (Å²) in [5.74, 6) is 1.89. The van der Waals surface area contributed by atoms with Crippen LogP contribution in [0.3, 0.4) is 0 Å². The molecule has 0 aromatic carbocycles. The van der Waals surface area contributed by atoms with E-state index in [-0.39, 0.29) is 24.8 Å². The average Bonchev–Trinajstić information content (AvgIpc) is 3.21. The van der Waals surface area contributed by atoms with Crippen LogP contribution in [0.2, 0.25) is 0 Å². The van der Waals surface area contributed by atoms with Gasteiger partial charge in [0.1, 0.15) is 5.69 Å². The van der Waals surface area contributed by atoms with Crippen molar-refractivity contribution in [3.8, 4) is 11.5 Å². The van der Waals surface area contributed by atoms with Gasteiger partial charge >= 0.3 is 0 Å². The van der Waals surface area contributed by atoms with Gasteiger partial charge in [0.15, 0.2) is 5.82 Å². The smallest absolute Gasteiger partial charge is 0.160 e. The summed E-state index contributed by atoms with van der Waals surface area (Å²) in [6.07, 6.45) is 5.69. The number of rotatable bonds is 5. The van der Waals surface area contributed by atoms with Crippen LogP contribution in [0.25, 0.3) is 11.5 Å². The molecule has 9 heteroatoms. The number of hydrogen-bond acceptors (Lipinski definition) is 5. The van der Waals surface area contributed by atoms with Gasteiger partial charge in [-0.15, -0.1) is 36.6 Å². The molecule has 1 aliphatic rings. The van der Waals surface area contributed by atoms with Crippen molar-refractivity contribution >= 4 is 36.6 Å². The lowest BCUT2D eigenvalue weighted by Gasteiger charge is -2.13. The van der Waals surface area contributed by atoms with E-state index in [1.165, 1.54) is 5.69 Å². The Labute approximate surface area is 163 Å². The van der Waals surface area contributed by atoms with Crippen molar-refractivity contribution in [1.82, 2.24) is 29.6 Å². The Morgan fingerprint density at radius 2 is 2.08 bits per heavy atom. The average molecular weight is 399 g/mol. The molecule has 3 aromatic heterocycles. The number of pyridine rings is 1. The van der Waals surface area contributed by atoms with E-state index < -0.39 is 0 Å². The maximum Gasteiger partial charge on any atom is 0.160 e. The number of nitrogens with one attached hydrogen (secondary N) is 1. The van der Waals surface area contributed by atoms with E-state index in [2.05, 4.69) is 30.6 Å². The minimum absolute atomic E-state index is 0. The van der Waals surface area contributed by atoms with Crippen molar-refractivity contribution in [2.75, 3.05) is 12.3 Å². The quantitative estimate of drug-likeness (QED) is 0.669. The van der Waals surface area contributed by atoms with Gasteiger partial charge in [-0.3, -0.25) is 4.68 Å². The second-order valence-electron chi connectivity index (χ2n) is 5.38. The molecule has 0 unspecified atom stereocenters. The standard InChI is InChI=1S/C16H18N6S.2ClH/c1-2-4-18-15(3-1)23-10-9-21-7-6-19-16(21)14-11-13-12-17-5-8-22(13)20-14;;/h1-4,6-7,11,17H,5,8-10,12H2;2*1H. The van der Waals surface area contributed by atoms with Crippen LogP contribution in [0.4, 0.5) is 0 Å². The molecule has 0 fully saturated rings. The molecule has 1 N–H and O–H groups in total. The first kappa shape index (κ1) is 19.8. The Kier molecular flexibility index (Phi) is 7.31. The van der Waals surface area contributed by atoms with E-state index in [1.807, 2.05) is 36.8 Å². The van der Waals surface area contributed by atoms with E-state index in [1.54, 1.807) is 11.8 Å². The highest BCUT2D eigenvalue weighted by Crippen LogP contribution is 2.20. The van der Waals surface area contributed by atoms with Gasteiger partial charge in [-0.25, -0.2) is 9.97 Å². The van der Waals surface area contributed by atoms with Gasteiger partial charge in [0.25, 0.3) is 0 Å². The Morgan fingerprint density at radius 1 is 1.16 bits per heavy atom. The SMILES string of the molecule is Cl.Cl.c1ccc(SCCn2ccnc2-c2cc3n(n2)CCNC3)nc1. The fourth-order valence-electron chi connectivity index (χ4n) is 2.71. The number of aromatic nitrogens is 5. The van der Waals surface area contributed by atoms with Crippen LogP contribution in [-0.4, -0.2) is 36.6 Å². The first-order chi connectivity index (χ1) is 11.4. The van der Waals surface area contributed by atoms with Crippen LogP contribution in [0, 0.1) is 0 Å². The molecule has 1 aliphatic heterocycles. The van der Waals surface area contributed by atoms with Crippen molar-refractivity contribution in [3.63, 3.8) is 0 Å². The normalized spacial score (nSPS) is 12.8. The number of imidazole rings is 1. The molecule has 134 valence electrons. The third kappa shape index (κ3) is 4.55. The molecule has 4 rings (SSSR count). The van der Waals surface area contributed by atoms with Crippen molar-refractivity contribution in [3.05, 3.63) is 48.5 Å². The van der Waals surface area contributed by atoms with Gasteiger partial charge in [-0.2, -0.15) is 5.10 Å². The van der Waals surface area contributed by atoms with Gasteiger partial charge in [0, 0.05) is 44.0 Å². The molecule has 0 aliphatic carbocycles. The van der Waals surface area contributed by atoms with Crippen molar-refractivity contribution in [2.24, 2.45) is 0 Å². The minimum atomic E-state index is 0. The second kappa shape index (κ2) is 9.24. The van der Waals surface area contributed by atoms with Gasteiger partial charge in [-0.05, 0) is 18.2 Å². The summed E-state index contributed by atoms with van der Waals surface area (Å²) in [5.41, 5.74) is 2.18.